The topological polar surface area (TPSA) is 20.3 Å². The number of hydrogen-bond acceptors (Lipinski definition) is 2. The van der Waals surface area contributed by atoms with Gasteiger partial charge in [0.25, 0.3) is 0 Å². The Morgan fingerprint density at radius 1 is 1.24 bits per heavy atom. The minimum atomic E-state index is 0.0816. The highest BCUT2D eigenvalue weighted by molar-refractivity contribution is 6.04. The van der Waals surface area contributed by atoms with Gasteiger partial charge in [-0.2, -0.15) is 0 Å². The maximum absolute atomic E-state index is 11.8. The maximum Gasteiger partial charge on any atom is 0.185 e. The molecule has 0 unspecified atom stereocenters. The largest absolute Gasteiger partial charge is 0.296 e. The summed E-state index contributed by atoms with van der Waals surface area (Å²) in [5, 5.41) is 0. The van der Waals surface area contributed by atoms with E-state index in [1.54, 1.807) is 6.08 Å². The third-order valence-electron chi connectivity index (χ3n) is 2.83. The molecule has 0 atom stereocenters. The molecule has 0 N–H and O–H groups in total. The summed E-state index contributed by atoms with van der Waals surface area (Å²) in [6.45, 7) is 2.92. The molecule has 0 amide bonds. The molecule has 1 aliphatic rings. The van der Waals surface area contributed by atoms with Crippen molar-refractivity contribution >= 4 is 5.78 Å². The first-order chi connectivity index (χ1) is 8.36. The lowest BCUT2D eigenvalue weighted by Gasteiger charge is -2.20. The molecular formula is C15H17NO. The van der Waals surface area contributed by atoms with Gasteiger partial charge in [-0.1, -0.05) is 48.6 Å². The molecule has 0 radical (unpaired) electrons. The van der Waals surface area contributed by atoms with Crippen LogP contribution in [0, 0.1) is 0 Å². The molecule has 17 heavy (non-hydrogen) atoms. The normalized spacial score (nSPS) is 16.5. The number of carbonyl (C=O) groups excluding carboxylic acids is 1. The summed E-state index contributed by atoms with van der Waals surface area (Å²) < 4.78 is 0. The second kappa shape index (κ2) is 6.16. The molecule has 0 spiro atoms. The van der Waals surface area contributed by atoms with E-state index in [-0.39, 0.29) is 5.78 Å². The summed E-state index contributed by atoms with van der Waals surface area (Å²) in [6, 6.07) is 9.38. The molecule has 0 saturated heterocycles. The van der Waals surface area contributed by atoms with E-state index in [9.17, 15) is 4.79 Å². The van der Waals surface area contributed by atoms with Gasteiger partial charge in [-0.05, 0) is 12.5 Å². The highest BCUT2D eigenvalue weighted by atomic mass is 16.1. The molecule has 1 aromatic rings. The number of carbonyl (C=O) groups is 1. The van der Waals surface area contributed by atoms with E-state index in [4.69, 9.17) is 0 Å². The predicted octanol–water partition coefficient (Wildman–Crippen LogP) is 2.69. The van der Waals surface area contributed by atoms with Crippen molar-refractivity contribution in [2.75, 3.05) is 19.6 Å². The zero-order chi connectivity index (χ0) is 11.9. The smallest absolute Gasteiger partial charge is 0.185 e. The Morgan fingerprint density at radius 2 is 2.06 bits per heavy atom. The van der Waals surface area contributed by atoms with Gasteiger partial charge in [0.1, 0.15) is 0 Å². The quantitative estimate of drug-likeness (QED) is 0.448. The zero-order valence-electron chi connectivity index (χ0n) is 9.88. The van der Waals surface area contributed by atoms with Crippen molar-refractivity contribution in [1.82, 2.24) is 4.90 Å². The summed E-state index contributed by atoms with van der Waals surface area (Å²) in [4.78, 5) is 14.1. The summed E-state index contributed by atoms with van der Waals surface area (Å²) in [6.07, 6.45) is 9.12. The third kappa shape index (κ3) is 3.68. The van der Waals surface area contributed by atoms with E-state index in [1.807, 2.05) is 36.4 Å². The maximum atomic E-state index is 11.8. The number of nitrogens with zero attached hydrogens (tertiary/aromatic N) is 1. The molecular weight excluding hydrogens is 210 g/mol. The van der Waals surface area contributed by atoms with Crippen LogP contribution in [0.1, 0.15) is 16.8 Å². The van der Waals surface area contributed by atoms with Gasteiger partial charge in [0, 0.05) is 25.2 Å². The van der Waals surface area contributed by atoms with Gasteiger partial charge in [0.2, 0.25) is 0 Å². The zero-order valence-corrected chi connectivity index (χ0v) is 9.88. The SMILES string of the molecule is O=C(C=CCN1CC=CCC1)c1ccccc1. The molecule has 0 fully saturated rings. The molecule has 0 saturated carbocycles. The van der Waals surface area contributed by atoms with Gasteiger partial charge in [0.15, 0.2) is 5.78 Å². The Hall–Kier alpha value is -1.67. The Labute approximate surface area is 102 Å². The van der Waals surface area contributed by atoms with Crippen molar-refractivity contribution < 1.29 is 4.79 Å². The van der Waals surface area contributed by atoms with Crippen LogP contribution in [0.3, 0.4) is 0 Å². The fourth-order valence-electron chi connectivity index (χ4n) is 1.86. The standard InChI is InChI=1S/C15H17NO/c17-15(14-8-3-1-4-9-14)10-7-13-16-11-5-2-6-12-16/h1-5,7-10H,6,11-13H2. The van der Waals surface area contributed by atoms with Crippen LogP contribution in [-0.2, 0) is 0 Å². The number of ketones is 1. The van der Waals surface area contributed by atoms with Crippen LogP contribution in [0.15, 0.2) is 54.6 Å². The van der Waals surface area contributed by atoms with Gasteiger partial charge in [0.05, 0.1) is 0 Å². The fraction of sp³-hybridized carbons (Fsp3) is 0.267. The minimum Gasteiger partial charge on any atom is -0.296 e. The number of rotatable bonds is 4. The van der Waals surface area contributed by atoms with E-state index in [0.29, 0.717) is 0 Å². The van der Waals surface area contributed by atoms with Crippen molar-refractivity contribution in [1.29, 1.82) is 0 Å². The van der Waals surface area contributed by atoms with Gasteiger partial charge >= 0.3 is 0 Å². The molecule has 2 nitrogen and oxygen atoms in total. The number of benzene rings is 1. The van der Waals surface area contributed by atoms with Crippen LogP contribution in [0.5, 0.6) is 0 Å². The molecule has 2 heteroatoms. The van der Waals surface area contributed by atoms with E-state index < -0.39 is 0 Å². The Morgan fingerprint density at radius 3 is 2.76 bits per heavy atom. The summed E-state index contributed by atoms with van der Waals surface area (Å²) in [5.74, 6) is 0.0816. The molecule has 0 bridgehead atoms. The fourth-order valence-corrected chi connectivity index (χ4v) is 1.86. The average molecular weight is 227 g/mol. The molecule has 88 valence electrons. The van der Waals surface area contributed by atoms with Gasteiger partial charge < -0.3 is 0 Å². The molecule has 0 aliphatic carbocycles. The van der Waals surface area contributed by atoms with Crippen LogP contribution in [0.25, 0.3) is 0 Å². The summed E-state index contributed by atoms with van der Waals surface area (Å²) in [7, 11) is 0. The minimum absolute atomic E-state index is 0.0816. The Kier molecular flexibility index (Phi) is 4.28. The number of allylic oxidation sites excluding steroid dienone is 1. The average Bonchev–Trinajstić information content (AvgIpc) is 2.41. The van der Waals surface area contributed by atoms with E-state index in [1.165, 1.54) is 0 Å². The van der Waals surface area contributed by atoms with Crippen LogP contribution in [0.4, 0.5) is 0 Å². The first-order valence-electron chi connectivity index (χ1n) is 5.99. The number of hydrogen-bond donors (Lipinski definition) is 0. The molecule has 2 rings (SSSR count). The van der Waals surface area contributed by atoms with Crippen molar-refractivity contribution in [2.45, 2.75) is 6.42 Å². The first-order valence-corrected chi connectivity index (χ1v) is 5.99. The van der Waals surface area contributed by atoms with Crippen LogP contribution < -0.4 is 0 Å². The Balaban J connectivity index is 1.84. The van der Waals surface area contributed by atoms with Crippen molar-refractivity contribution in [3.63, 3.8) is 0 Å². The van der Waals surface area contributed by atoms with Crippen molar-refractivity contribution in [3.05, 3.63) is 60.2 Å². The van der Waals surface area contributed by atoms with Crippen LogP contribution >= 0.6 is 0 Å². The lowest BCUT2D eigenvalue weighted by molar-refractivity contribution is 0.104. The highest BCUT2D eigenvalue weighted by Crippen LogP contribution is 2.03. The van der Waals surface area contributed by atoms with E-state index >= 15 is 0 Å². The molecule has 1 heterocycles. The highest BCUT2D eigenvalue weighted by Gasteiger charge is 2.04. The van der Waals surface area contributed by atoms with Crippen molar-refractivity contribution in [2.24, 2.45) is 0 Å². The van der Waals surface area contributed by atoms with Crippen molar-refractivity contribution in [3.8, 4) is 0 Å². The lowest BCUT2D eigenvalue weighted by atomic mass is 10.1. The lowest BCUT2D eigenvalue weighted by Crippen LogP contribution is -2.27. The van der Waals surface area contributed by atoms with E-state index in [0.717, 1.165) is 31.6 Å². The molecule has 1 aromatic carbocycles. The van der Waals surface area contributed by atoms with Crippen LogP contribution in [-0.4, -0.2) is 30.3 Å². The molecule has 1 aliphatic heterocycles. The van der Waals surface area contributed by atoms with Crippen LogP contribution in [0.2, 0.25) is 0 Å². The second-order valence-corrected chi connectivity index (χ2v) is 4.15. The van der Waals surface area contributed by atoms with E-state index in [2.05, 4.69) is 17.1 Å². The summed E-state index contributed by atoms with van der Waals surface area (Å²) >= 11 is 0. The first kappa shape index (κ1) is 11.8. The van der Waals surface area contributed by atoms with Gasteiger partial charge in [-0.25, -0.2) is 0 Å². The van der Waals surface area contributed by atoms with Gasteiger partial charge in [-0.15, -0.1) is 0 Å². The van der Waals surface area contributed by atoms with Gasteiger partial charge in [-0.3, -0.25) is 9.69 Å². The molecule has 0 aromatic heterocycles. The summed E-state index contributed by atoms with van der Waals surface area (Å²) in [5.41, 5.74) is 0.752. The monoisotopic (exact) mass is 227 g/mol. The predicted molar refractivity (Wildman–Crippen MR) is 70.1 cm³/mol. The third-order valence-corrected chi connectivity index (χ3v) is 2.83. The Bertz CT molecular complexity index is 420. The second-order valence-electron chi connectivity index (χ2n) is 4.15.